The second kappa shape index (κ2) is 5.41. The van der Waals surface area contributed by atoms with Crippen molar-refractivity contribution in [1.29, 1.82) is 0 Å². The first-order chi connectivity index (χ1) is 8.15. The molecule has 1 N–H and O–H groups in total. The van der Waals surface area contributed by atoms with Crippen LogP contribution in [-0.4, -0.2) is 18.4 Å². The molecule has 1 fully saturated rings. The average Bonchev–Trinajstić information content (AvgIpc) is 2.29. The maximum Gasteiger partial charge on any atom is 0.164 e. The third-order valence-corrected chi connectivity index (χ3v) is 3.34. The Morgan fingerprint density at radius 1 is 1.53 bits per heavy atom. The van der Waals surface area contributed by atoms with Crippen LogP contribution in [0.15, 0.2) is 24.3 Å². The van der Waals surface area contributed by atoms with Gasteiger partial charge in [0, 0.05) is 18.0 Å². The van der Waals surface area contributed by atoms with Gasteiger partial charge in [0.1, 0.15) is 5.82 Å². The number of rotatable bonds is 3. The normalized spacial score (nSPS) is 24.6. The summed E-state index contributed by atoms with van der Waals surface area (Å²) in [5.41, 5.74) is 0.477. The SMILES string of the molecule is CC1CCNC(CC(=O)c2cccc(F)c2)C1. The number of hydrogen-bond acceptors (Lipinski definition) is 2. The van der Waals surface area contributed by atoms with Crippen molar-refractivity contribution in [2.75, 3.05) is 6.54 Å². The molecule has 1 aliphatic heterocycles. The largest absolute Gasteiger partial charge is 0.314 e. The summed E-state index contributed by atoms with van der Waals surface area (Å²) in [6.07, 6.45) is 2.67. The summed E-state index contributed by atoms with van der Waals surface area (Å²) >= 11 is 0. The second-order valence-electron chi connectivity index (χ2n) is 4.92. The van der Waals surface area contributed by atoms with E-state index in [2.05, 4.69) is 12.2 Å². The highest BCUT2D eigenvalue weighted by Gasteiger charge is 2.21. The van der Waals surface area contributed by atoms with Crippen molar-refractivity contribution < 1.29 is 9.18 Å². The number of carbonyl (C=O) groups excluding carboxylic acids is 1. The third kappa shape index (κ3) is 3.37. The van der Waals surface area contributed by atoms with Gasteiger partial charge in [-0.25, -0.2) is 4.39 Å². The molecule has 2 unspecified atom stereocenters. The number of ketones is 1. The average molecular weight is 235 g/mol. The minimum absolute atomic E-state index is 0.0242. The van der Waals surface area contributed by atoms with E-state index in [-0.39, 0.29) is 17.6 Å². The summed E-state index contributed by atoms with van der Waals surface area (Å²) in [6, 6.07) is 6.18. The molecule has 2 atom stereocenters. The predicted octanol–water partition coefficient (Wildman–Crippen LogP) is 2.79. The lowest BCUT2D eigenvalue weighted by Gasteiger charge is -2.27. The van der Waals surface area contributed by atoms with Gasteiger partial charge >= 0.3 is 0 Å². The van der Waals surface area contributed by atoms with Crippen LogP contribution < -0.4 is 5.32 Å². The van der Waals surface area contributed by atoms with E-state index < -0.39 is 0 Å². The Bertz CT molecular complexity index is 405. The summed E-state index contributed by atoms with van der Waals surface area (Å²) in [5.74, 6) is 0.346. The van der Waals surface area contributed by atoms with Gasteiger partial charge in [0.2, 0.25) is 0 Å². The van der Waals surface area contributed by atoms with E-state index in [4.69, 9.17) is 0 Å². The maximum atomic E-state index is 13.0. The molecular formula is C14H18FNO. The van der Waals surface area contributed by atoms with E-state index >= 15 is 0 Å². The van der Waals surface area contributed by atoms with Gasteiger partial charge in [-0.05, 0) is 37.4 Å². The monoisotopic (exact) mass is 235 g/mol. The first-order valence-corrected chi connectivity index (χ1v) is 6.17. The number of hydrogen-bond donors (Lipinski definition) is 1. The highest BCUT2D eigenvalue weighted by molar-refractivity contribution is 5.96. The molecule has 1 heterocycles. The lowest BCUT2D eigenvalue weighted by Crippen LogP contribution is -2.38. The number of benzene rings is 1. The first kappa shape index (κ1) is 12.2. The number of Topliss-reactive ketones (excluding diaryl/α,β-unsaturated/α-hetero) is 1. The van der Waals surface area contributed by atoms with Gasteiger partial charge in [0.05, 0.1) is 0 Å². The molecule has 1 aromatic rings. The van der Waals surface area contributed by atoms with Crippen molar-refractivity contribution in [2.24, 2.45) is 5.92 Å². The smallest absolute Gasteiger partial charge is 0.164 e. The highest BCUT2D eigenvalue weighted by atomic mass is 19.1. The zero-order chi connectivity index (χ0) is 12.3. The molecule has 92 valence electrons. The fraction of sp³-hybridized carbons (Fsp3) is 0.500. The van der Waals surface area contributed by atoms with Gasteiger partial charge in [-0.2, -0.15) is 0 Å². The van der Waals surface area contributed by atoms with Crippen LogP contribution >= 0.6 is 0 Å². The standard InChI is InChI=1S/C14H18FNO/c1-10-5-6-16-13(7-10)9-14(17)11-3-2-4-12(15)8-11/h2-4,8,10,13,16H,5-7,9H2,1H3. The van der Waals surface area contributed by atoms with Crippen LogP contribution in [0.25, 0.3) is 0 Å². The van der Waals surface area contributed by atoms with Crippen molar-refractivity contribution in [1.82, 2.24) is 5.32 Å². The molecule has 0 spiro atoms. The van der Waals surface area contributed by atoms with Crippen molar-refractivity contribution in [3.8, 4) is 0 Å². The van der Waals surface area contributed by atoms with E-state index in [0.717, 1.165) is 13.0 Å². The van der Waals surface area contributed by atoms with Gasteiger partial charge in [0.25, 0.3) is 0 Å². The van der Waals surface area contributed by atoms with E-state index in [0.29, 0.717) is 17.9 Å². The van der Waals surface area contributed by atoms with E-state index in [1.165, 1.54) is 18.6 Å². The number of nitrogens with one attached hydrogen (secondary N) is 1. The van der Waals surface area contributed by atoms with Gasteiger partial charge in [0.15, 0.2) is 5.78 Å². The van der Waals surface area contributed by atoms with Crippen LogP contribution in [-0.2, 0) is 0 Å². The predicted molar refractivity (Wildman–Crippen MR) is 65.5 cm³/mol. The highest BCUT2D eigenvalue weighted by Crippen LogP contribution is 2.19. The molecule has 0 aromatic heterocycles. The summed E-state index contributed by atoms with van der Waals surface area (Å²) < 4.78 is 13.0. The molecule has 2 nitrogen and oxygen atoms in total. The molecule has 1 aromatic carbocycles. The number of halogens is 1. The van der Waals surface area contributed by atoms with Gasteiger partial charge in [-0.15, -0.1) is 0 Å². The summed E-state index contributed by atoms with van der Waals surface area (Å²) in [7, 11) is 0. The number of piperidine rings is 1. The lowest BCUT2D eigenvalue weighted by molar-refractivity contribution is 0.0958. The van der Waals surface area contributed by atoms with Crippen LogP contribution in [0.4, 0.5) is 4.39 Å². The van der Waals surface area contributed by atoms with Crippen molar-refractivity contribution in [2.45, 2.75) is 32.2 Å². The molecular weight excluding hydrogens is 217 g/mol. The third-order valence-electron chi connectivity index (χ3n) is 3.34. The van der Waals surface area contributed by atoms with Crippen LogP contribution in [0.1, 0.15) is 36.5 Å². The Labute approximate surface area is 101 Å². The van der Waals surface area contributed by atoms with E-state index in [9.17, 15) is 9.18 Å². The van der Waals surface area contributed by atoms with Gasteiger partial charge in [-0.1, -0.05) is 19.1 Å². The van der Waals surface area contributed by atoms with Crippen molar-refractivity contribution >= 4 is 5.78 Å². The quantitative estimate of drug-likeness (QED) is 0.816. The summed E-state index contributed by atoms with van der Waals surface area (Å²) in [6.45, 7) is 3.18. The van der Waals surface area contributed by atoms with Crippen molar-refractivity contribution in [3.63, 3.8) is 0 Å². The molecule has 17 heavy (non-hydrogen) atoms. The Hall–Kier alpha value is -1.22. The minimum Gasteiger partial charge on any atom is -0.314 e. The molecule has 1 aliphatic rings. The zero-order valence-corrected chi connectivity index (χ0v) is 10.1. The fourth-order valence-electron chi connectivity index (χ4n) is 2.38. The van der Waals surface area contributed by atoms with Crippen LogP contribution in [0, 0.1) is 11.7 Å². The first-order valence-electron chi connectivity index (χ1n) is 6.17. The Kier molecular flexibility index (Phi) is 3.89. The molecule has 0 radical (unpaired) electrons. The van der Waals surface area contributed by atoms with Gasteiger partial charge < -0.3 is 5.32 Å². The molecule has 0 saturated carbocycles. The molecule has 2 rings (SSSR count). The molecule has 0 aliphatic carbocycles. The van der Waals surface area contributed by atoms with Crippen LogP contribution in [0.3, 0.4) is 0 Å². The fourth-order valence-corrected chi connectivity index (χ4v) is 2.38. The zero-order valence-electron chi connectivity index (χ0n) is 10.1. The van der Waals surface area contributed by atoms with Crippen molar-refractivity contribution in [3.05, 3.63) is 35.6 Å². The second-order valence-corrected chi connectivity index (χ2v) is 4.92. The van der Waals surface area contributed by atoms with Gasteiger partial charge in [-0.3, -0.25) is 4.79 Å². The number of carbonyl (C=O) groups is 1. The summed E-state index contributed by atoms with van der Waals surface area (Å²) in [4.78, 5) is 12.0. The topological polar surface area (TPSA) is 29.1 Å². The lowest BCUT2D eigenvalue weighted by atomic mass is 9.90. The maximum absolute atomic E-state index is 13.0. The van der Waals surface area contributed by atoms with Crippen LogP contribution in [0.2, 0.25) is 0 Å². The molecule has 1 saturated heterocycles. The summed E-state index contributed by atoms with van der Waals surface area (Å²) in [5, 5.41) is 3.35. The Morgan fingerprint density at radius 3 is 3.06 bits per heavy atom. The Balaban J connectivity index is 1.97. The minimum atomic E-state index is -0.346. The Morgan fingerprint density at radius 2 is 2.35 bits per heavy atom. The van der Waals surface area contributed by atoms with E-state index in [1.807, 2.05) is 0 Å². The molecule has 3 heteroatoms. The molecule has 0 amide bonds. The van der Waals surface area contributed by atoms with E-state index in [1.54, 1.807) is 12.1 Å². The van der Waals surface area contributed by atoms with Crippen LogP contribution in [0.5, 0.6) is 0 Å². The molecule has 0 bridgehead atoms.